The van der Waals surface area contributed by atoms with E-state index < -0.39 is 0 Å². The fourth-order valence-corrected chi connectivity index (χ4v) is 3.04. The molecule has 1 aliphatic carbocycles. The minimum absolute atomic E-state index is 0.173. The van der Waals surface area contributed by atoms with Crippen molar-refractivity contribution in [3.05, 3.63) is 29.3 Å². The number of carbonyl (C=O) groups is 1. The van der Waals surface area contributed by atoms with Crippen LogP contribution in [0.4, 0.5) is 0 Å². The predicted octanol–water partition coefficient (Wildman–Crippen LogP) is 1.55. The number of piperidine rings is 1. The molecule has 0 saturated carbocycles. The molecule has 102 valence electrons. The number of fused-ring (bicyclic) bond motifs is 1. The van der Waals surface area contributed by atoms with E-state index in [0.717, 1.165) is 31.6 Å². The molecule has 0 spiro atoms. The van der Waals surface area contributed by atoms with Gasteiger partial charge in [0.1, 0.15) is 5.75 Å². The fourth-order valence-electron chi connectivity index (χ4n) is 3.04. The lowest BCUT2D eigenvalue weighted by Gasteiger charge is -2.27. The zero-order valence-corrected chi connectivity index (χ0v) is 11.2. The first kappa shape index (κ1) is 12.5. The van der Waals surface area contributed by atoms with E-state index in [0.29, 0.717) is 18.5 Å². The Morgan fingerprint density at radius 2 is 2.21 bits per heavy atom. The molecule has 1 saturated heterocycles. The van der Waals surface area contributed by atoms with Gasteiger partial charge in [0.2, 0.25) is 5.91 Å². The lowest BCUT2D eigenvalue weighted by atomic mass is 10.0. The molecule has 2 atom stereocenters. The molecule has 1 aromatic rings. The molecule has 0 radical (unpaired) electrons. The number of amides is 1. The number of carbonyl (C=O) groups excluding carboxylic acids is 1. The first-order valence-electron chi connectivity index (χ1n) is 6.96. The van der Waals surface area contributed by atoms with Crippen LogP contribution in [0.1, 0.15) is 36.4 Å². The number of methoxy groups -OCH3 is 1. The molecular formula is C15H20N2O2. The van der Waals surface area contributed by atoms with Crippen molar-refractivity contribution in [2.24, 2.45) is 0 Å². The third-order valence-electron chi connectivity index (χ3n) is 4.13. The van der Waals surface area contributed by atoms with Crippen molar-refractivity contribution in [2.45, 2.75) is 37.8 Å². The van der Waals surface area contributed by atoms with Crippen LogP contribution in [0.3, 0.4) is 0 Å². The SMILES string of the molecule is COc1ccc2c(c1)C(NC1CCC(=O)NC1)CC2. The number of aryl methyl sites for hydroxylation is 1. The van der Waals surface area contributed by atoms with Crippen LogP contribution in [0.2, 0.25) is 0 Å². The molecule has 1 aromatic carbocycles. The maximum atomic E-state index is 11.2. The second kappa shape index (κ2) is 5.21. The Morgan fingerprint density at radius 3 is 2.95 bits per heavy atom. The van der Waals surface area contributed by atoms with E-state index in [4.69, 9.17) is 4.74 Å². The van der Waals surface area contributed by atoms with Crippen molar-refractivity contribution in [2.75, 3.05) is 13.7 Å². The molecule has 1 fully saturated rings. The number of rotatable bonds is 3. The molecule has 19 heavy (non-hydrogen) atoms. The van der Waals surface area contributed by atoms with Crippen LogP contribution in [-0.2, 0) is 11.2 Å². The highest BCUT2D eigenvalue weighted by atomic mass is 16.5. The molecular weight excluding hydrogens is 240 g/mol. The summed E-state index contributed by atoms with van der Waals surface area (Å²) in [5.74, 6) is 1.09. The van der Waals surface area contributed by atoms with Crippen molar-refractivity contribution in [1.82, 2.24) is 10.6 Å². The number of hydrogen-bond acceptors (Lipinski definition) is 3. The molecule has 2 N–H and O–H groups in total. The average Bonchev–Trinajstić information content (AvgIpc) is 2.84. The Balaban J connectivity index is 1.69. The summed E-state index contributed by atoms with van der Waals surface area (Å²) < 4.78 is 5.31. The third-order valence-corrected chi connectivity index (χ3v) is 4.13. The molecule has 0 bridgehead atoms. The van der Waals surface area contributed by atoms with Gasteiger partial charge in [0, 0.05) is 25.0 Å². The van der Waals surface area contributed by atoms with Crippen LogP contribution < -0.4 is 15.4 Å². The zero-order valence-electron chi connectivity index (χ0n) is 11.2. The molecule has 4 nitrogen and oxygen atoms in total. The quantitative estimate of drug-likeness (QED) is 0.867. The Kier molecular flexibility index (Phi) is 3.42. The van der Waals surface area contributed by atoms with Gasteiger partial charge in [0.05, 0.1) is 7.11 Å². The minimum Gasteiger partial charge on any atom is -0.497 e. The fraction of sp³-hybridized carbons (Fsp3) is 0.533. The predicted molar refractivity (Wildman–Crippen MR) is 73.2 cm³/mol. The van der Waals surface area contributed by atoms with Crippen LogP contribution in [0, 0.1) is 0 Å². The molecule has 3 rings (SSSR count). The second-order valence-electron chi connectivity index (χ2n) is 5.36. The Bertz CT molecular complexity index is 477. The summed E-state index contributed by atoms with van der Waals surface area (Å²) in [6.07, 6.45) is 3.82. The topological polar surface area (TPSA) is 50.4 Å². The van der Waals surface area contributed by atoms with Gasteiger partial charge >= 0.3 is 0 Å². The van der Waals surface area contributed by atoms with Gasteiger partial charge in [-0.1, -0.05) is 6.07 Å². The first-order valence-corrected chi connectivity index (χ1v) is 6.96. The minimum atomic E-state index is 0.173. The zero-order chi connectivity index (χ0) is 13.2. The van der Waals surface area contributed by atoms with Crippen molar-refractivity contribution < 1.29 is 9.53 Å². The first-order chi connectivity index (χ1) is 9.26. The van der Waals surface area contributed by atoms with Crippen molar-refractivity contribution in [3.8, 4) is 5.75 Å². The molecule has 1 heterocycles. The van der Waals surface area contributed by atoms with Gasteiger partial charge in [-0.05, 0) is 42.5 Å². The van der Waals surface area contributed by atoms with Crippen molar-refractivity contribution in [3.63, 3.8) is 0 Å². The Labute approximate surface area is 113 Å². The van der Waals surface area contributed by atoms with E-state index >= 15 is 0 Å². The van der Waals surface area contributed by atoms with Gasteiger partial charge in [0.15, 0.2) is 0 Å². The third kappa shape index (κ3) is 2.59. The summed E-state index contributed by atoms with van der Waals surface area (Å²) in [7, 11) is 1.70. The summed E-state index contributed by atoms with van der Waals surface area (Å²) in [6, 6.07) is 7.12. The van der Waals surface area contributed by atoms with Crippen LogP contribution in [0.25, 0.3) is 0 Å². The molecule has 2 aliphatic rings. The molecule has 2 unspecified atom stereocenters. The van der Waals surface area contributed by atoms with Gasteiger partial charge in [-0.2, -0.15) is 0 Å². The Hall–Kier alpha value is -1.55. The van der Waals surface area contributed by atoms with Crippen molar-refractivity contribution >= 4 is 5.91 Å². The van der Waals surface area contributed by atoms with E-state index in [1.54, 1.807) is 7.11 Å². The van der Waals surface area contributed by atoms with Gasteiger partial charge in [-0.3, -0.25) is 4.79 Å². The van der Waals surface area contributed by atoms with E-state index in [9.17, 15) is 4.79 Å². The van der Waals surface area contributed by atoms with Gasteiger partial charge in [-0.25, -0.2) is 0 Å². The molecule has 1 amide bonds. The molecule has 0 aromatic heterocycles. The summed E-state index contributed by atoms with van der Waals surface area (Å²) in [6.45, 7) is 0.745. The summed E-state index contributed by atoms with van der Waals surface area (Å²) in [5, 5.41) is 6.60. The van der Waals surface area contributed by atoms with E-state index in [2.05, 4.69) is 22.8 Å². The van der Waals surface area contributed by atoms with E-state index in [1.807, 2.05) is 6.07 Å². The normalized spacial score (nSPS) is 25.8. The van der Waals surface area contributed by atoms with Gasteiger partial charge < -0.3 is 15.4 Å². The maximum absolute atomic E-state index is 11.2. The van der Waals surface area contributed by atoms with Gasteiger partial charge in [-0.15, -0.1) is 0 Å². The monoisotopic (exact) mass is 260 g/mol. The lowest BCUT2D eigenvalue weighted by Crippen LogP contribution is -2.46. The van der Waals surface area contributed by atoms with E-state index in [1.165, 1.54) is 11.1 Å². The molecule has 1 aliphatic heterocycles. The highest BCUT2D eigenvalue weighted by Crippen LogP contribution is 2.34. The van der Waals surface area contributed by atoms with Gasteiger partial charge in [0.25, 0.3) is 0 Å². The second-order valence-corrected chi connectivity index (χ2v) is 5.36. The number of ether oxygens (including phenoxy) is 1. The van der Waals surface area contributed by atoms with Crippen LogP contribution in [0.5, 0.6) is 5.75 Å². The maximum Gasteiger partial charge on any atom is 0.220 e. The number of benzene rings is 1. The number of hydrogen-bond donors (Lipinski definition) is 2. The van der Waals surface area contributed by atoms with Crippen LogP contribution in [0.15, 0.2) is 18.2 Å². The average molecular weight is 260 g/mol. The highest BCUT2D eigenvalue weighted by molar-refractivity contribution is 5.76. The smallest absolute Gasteiger partial charge is 0.220 e. The standard InChI is InChI=1S/C15H20N2O2/c1-19-12-5-2-10-3-6-14(13(10)8-12)17-11-4-7-15(18)16-9-11/h2,5,8,11,14,17H,3-4,6-7,9H2,1H3,(H,16,18). The Morgan fingerprint density at radius 1 is 1.32 bits per heavy atom. The molecule has 4 heteroatoms. The largest absolute Gasteiger partial charge is 0.497 e. The number of nitrogens with one attached hydrogen (secondary N) is 2. The highest BCUT2D eigenvalue weighted by Gasteiger charge is 2.27. The van der Waals surface area contributed by atoms with Crippen LogP contribution >= 0.6 is 0 Å². The van der Waals surface area contributed by atoms with Crippen LogP contribution in [-0.4, -0.2) is 25.6 Å². The van der Waals surface area contributed by atoms with Crippen molar-refractivity contribution in [1.29, 1.82) is 0 Å². The summed E-state index contributed by atoms with van der Waals surface area (Å²) >= 11 is 0. The summed E-state index contributed by atoms with van der Waals surface area (Å²) in [4.78, 5) is 11.2. The summed E-state index contributed by atoms with van der Waals surface area (Å²) in [5.41, 5.74) is 2.77. The van der Waals surface area contributed by atoms with E-state index in [-0.39, 0.29) is 5.91 Å². The lowest BCUT2D eigenvalue weighted by molar-refractivity contribution is -0.122.